The second-order valence-corrected chi connectivity index (χ2v) is 9.22. The molecule has 2 aromatic rings. The highest BCUT2D eigenvalue weighted by Gasteiger charge is 2.27. The highest BCUT2D eigenvalue weighted by Crippen LogP contribution is 2.34. The van der Waals surface area contributed by atoms with Crippen molar-refractivity contribution in [3.63, 3.8) is 0 Å². The van der Waals surface area contributed by atoms with Crippen molar-refractivity contribution < 1.29 is 23.9 Å². The minimum atomic E-state index is -0.570. The van der Waals surface area contributed by atoms with Gasteiger partial charge in [-0.2, -0.15) is 0 Å². The largest absolute Gasteiger partial charge is 0.462 e. The molecule has 6 nitrogen and oxygen atoms in total. The third-order valence-electron chi connectivity index (χ3n) is 4.80. The molecule has 168 valence electrons. The number of ether oxygens (including phenoxy) is 2. The molecule has 1 aromatic carbocycles. The summed E-state index contributed by atoms with van der Waals surface area (Å²) in [5.41, 5.74) is 3.03. The van der Waals surface area contributed by atoms with Gasteiger partial charge in [-0.3, -0.25) is 4.79 Å². The summed E-state index contributed by atoms with van der Waals surface area (Å²) in [5.74, 6) is -1.32. The number of hydrogen-bond donors (Lipinski definition) is 1. The maximum Gasteiger partial charge on any atom is 0.348 e. The summed E-state index contributed by atoms with van der Waals surface area (Å²) in [6.07, 6.45) is 0.822. The lowest BCUT2D eigenvalue weighted by Crippen LogP contribution is -2.15. The molecule has 0 aliphatic heterocycles. The van der Waals surface area contributed by atoms with E-state index in [-0.39, 0.29) is 41.4 Å². The molecular weight excluding hydrogens is 414 g/mol. The summed E-state index contributed by atoms with van der Waals surface area (Å²) in [6.45, 7) is 12.0. The predicted octanol–water partition coefficient (Wildman–Crippen LogP) is 5.28. The van der Waals surface area contributed by atoms with Crippen LogP contribution in [0.2, 0.25) is 0 Å². The fraction of sp³-hybridized carbons (Fsp3) is 0.458. The molecule has 0 unspecified atom stereocenters. The zero-order valence-electron chi connectivity index (χ0n) is 19.1. The molecule has 0 aliphatic rings. The van der Waals surface area contributed by atoms with E-state index in [1.807, 2.05) is 12.1 Å². The minimum Gasteiger partial charge on any atom is -0.462 e. The average Bonchev–Trinajstić information content (AvgIpc) is 3.02. The second-order valence-electron chi connectivity index (χ2n) is 8.20. The van der Waals surface area contributed by atoms with Crippen molar-refractivity contribution in [1.82, 2.24) is 0 Å². The summed E-state index contributed by atoms with van der Waals surface area (Å²) < 4.78 is 10.2. The van der Waals surface area contributed by atoms with Crippen molar-refractivity contribution in [2.75, 3.05) is 18.5 Å². The van der Waals surface area contributed by atoms with E-state index < -0.39 is 11.9 Å². The first-order chi connectivity index (χ1) is 14.6. The molecule has 0 spiro atoms. The van der Waals surface area contributed by atoms with Crippen molar-refractivity contribution in [3.05, 3.63) is 51.4 Å². The van der Waals surface area contributed by atoms with Crippen LogP contribution in [0.25, 0.3) is 0 Å². The van der Waals surface area contributed by atoms with E-state index in [0.717, 1.165) is 16.9 Å². The number of nitrogens with one attached hydrogen (secondary N) is 1. The van der Waals surface area contributed by atoms with Crippen LogP contribution in [0.3, 0.4) is 0 Å². The van der Waals surface area contributed by atoms with Gasteiger partial charge in [0.25, 0.3) is 0 Å². The van der Waals surface area contributed by atoms with Gasteiger partial charge >= 0.3 is 11.9 Å². The number of thiophene rings is 1. The van der Waals surface area contributed by atoms with Crippen LogP contribution in [-0.4, -0.2) is 31.1 Å². The standard InChI is InChI=1S/C24H31NO5S/c1-7-29-22(27)19-15(3)20(23(28)30-8-2)31-21(19)25-18(26)14-11-16-9-12-17(13-10-16)24(4,5)6/h9-10,12-13H,7-8,11,14H2,1-6H3,(H,25,26). The van der Waals surface area contributed by atoms with Crippen LogP contribution in [0.5, 0.6) is 0 Å². The van der Waals surface area contributed by atoms with E-state index in [2.05, 4.69) is 38.2 Å². The Labute approximate surface area is 187 Å². The number of benzene rings is 1. The molecule has 0 saturated heterocycles. The molecule has 1 amide bonds. The Morgan fingerprint density at radius 3 is 2.10 bits per heavy atom. The van der Waals surface area contributed by atoms with Crippen LogP contribution in [0.15, 0.2) is 24.3 Å². The fourth-order valence-electron chi connectivity index (χ4n) is 3.06. The Hall–Kier alpha value is -2.67. The number of carbonyl (C=O) groups excluding carboxylic acids is 3. The normalized spacial score (nSPS) is 11.2. The Kier molecular flexibility index (Phi) is 8.39. The molecule has 0 radical (unpaired) electrons. The molecule has 1 heterocycles. The van der Waals surface area contributed by atoms with Crippen LogP contribution >= 0.6 is 11.3 Å². The zero-order chi connectivity index (χ0) is 23.2. The SMILES string of the molecule is CCOC(=O)c1sc(NC(=O)CCc2ccc(C(C)(C)C)cc2)c(C(=O)OCC)c1C. The number of anilines is 1. The number of rotatable bonds is 8. The number of carbonyl (C=O) groups is 3. The first-order valence-corrected chi connectivity index (χ1v) is 11.3. The van der Waals surface area contributed by atoms with Crippen LogP contribution in [0.4, 0.5) is 5.00 Å². The highest BCUT2D eigenvalue weighted by atomic mass is 32.1. The smallest absolute Gasteiger partial charge is 0.348 e. The van der Waals surface area contributed by atoms with E-state index in [0.29, 0.717) is 17.0 Å². The quantitative estimate of drug-likeness (QED) is 0.559. The highest BCUT2D eigenvalue weighted by molar-refractivity contribution is 7.18. The average molecular weight is 446 g/mol. The number of amides is 1. The van der Waals surface area contributed by atoms with Crippen molar-refractivity contribution in [2.45, 2.75) is 59.8 Å². The number of hydrogen-bond acceptors (Lipinski definition) is 6. The molecule has 31 heavy (non-hydrogen) atoms. The van der Waals surface area contributed by atoms with Crippen molar-refractivity contribution in [1.29, 1.82) is 0 Å². The van der Waals surface area contributed by atoms with Gasteiger partial charge in [-0.15, -0.1) is 11.3 Å². The predicted molar refractivity (Wildman–Crippen MR) is 123 cm³/mol. The van der Waals surface area contributed by atoms with E-state index in [1.165, 1.54) is 5.56 Å². The summed E-state index contributed by atoms with van der Waals surface area (Å²) in [6, 6.07) is 8.23. The van der Waals surface area contributed by atoms with Gasteiger partial charge in [-0.25, -0.2) is 9.59 Å². The number of esters is 2. The molecule has 0 fully saturated rings. The molecule has 0 atom stereocenters. The molecule has 0 bridgehead atoms. The molecule has 2 rings (SSSR count). The Morgan fingerprint density at radius 2 is 1.55 bits per heavy atom. The van der Waals surface area contributed by atoms with Crippen molar-refractivity contribution >= 4 is 34.2 Å². The van der Waals surface area contributed by atoms with Crippen LogP contribution in [0, 0.1) is 6.92 Å². The molecule has 0 aliphatic carbocycles. The topological polar surface area (TPSA) is 81.7 Å². The van der Waals surface area contributed by atoms with Gasteiger partial charge in [-0.05, 0) is 49.3 Å². The first-order valence-electron chi connectivity index (χ1n) is 10.4. The van der Waals surface area contributed by atoms with Gasteiger partial charge in [0.15, 0.2) is 0 Å². The van der Waals surface area contributed by atoms with Gasteiger partial charge in [-0.1, -0.05) is 45.0 Å². The van der Waals surface area contributed by atoms with E-state index >= 15 is 0 Å². The summed E-state index contributed by atoms with van der Waals surface area (Å²) in [4.78, 5) is 37.5. The lowest BCUT2D eigenvalue weighted by atomic mass is 9.86. The molecule has 0 saturated carbocycles. The second kappa shape index (κ2) is 10.6. The first kappa shape index (κ1) is 24.6. The minimum absolute atomic E-state index is 0.0765. The summed E-state index contributed by atoms with van der Waals surface area (Å²) in [7, 11) is 0. The molecule has 1 N–H and O–H groups in total. The van der Waals surface area contributed by atoms with Crippen LogP contribution < -0.4 is 5.32 Å². The van der Waals surface area contributed by atoms with Gasteiger partial charge in [0.05, 0.1) is 18.8 Å². The van der Waals surface area contributed by atoms with Gasteiger partial charge < -0.3 is 14.8 Å². The van der Waals surface area contributed by atoms with Crippen LogP contribution in [0.1, 0.15) is 77.8 Å². The zero-order valence-corrected chi connectivity index (χ0v) is 19.9. The lowest BCUT2D eigenvalue weighted by molar-refractivity contribution is -0.116. The van der Waals surface area contributed by atoms with Crippen molar-refractivity contribution in [2.24, 2.45) is 0 Å². The monoisotopic (exact) mass is 445 g/mol. The van der Waals surface area contributed by atoms with E-state index in [4.69, 9.17) is 9.47 Å². The Morgan fingerprint density at radius 1 is 0.968 bits per heavy atom. The molecule has 7 heteroatoms. The van der Waals surface area contributed by atoms with Gasteiger partial charge in [0, 0.05) is 6.42 Å². The van der Waals surface area contributed by atoms with Gasteiger partial charge in [0.1, 0.15) is 9.88 Å². The molecular formula is C24H31NO5S. The van der Waals surface area contributed by atoms with E-state index in [1.54, 1.807) is 20.8 Å². The van der Waals surface area contributed by atoms with Crippen LogP contribution in [-0.2, 0) is 26.1 Å². The number of aryl methyl sites for hydroxylation is 1. The third-order valence-corrected chi connectivity index (χ3v) is 5.99. The Balaban J connectivity index is 2.14. The molecule has 1 aromatic heterocycles. The fourth-order valence-corrected chi connectivity index (χ4v) is 4.17. The summed E-state index contributed by atoms with van der Waals surface area (Å²) in [5, 5.41) is 3.10. The summed E-state index contributed by atoms with van der Waals surface area (Å²) >= 11 is 1.04. The maximum atomic E-state index is 12.6. The van der Waals surface area contributed by atoms with E-state index in [9.17, 15) is 14.4 Å². The maximum absolute atomic E-state index is 12.6. The van der Waals surface area contributed by atoms with Gasteiger partial charge in [0.2, 0.25) is 5.91 Å². The van der Waals surface area contributed by atoms with Crippen molar-refractivity contribution in [3.8, 4) is 0 Å². The Bertz CT molecular complexity index is 938. The lowest BCUT2D eigenvalue weighted by Gasteiger charge is -2.19. The third kappa shape index (κ3) is 6.40.